The maximum absolute atomic E-state index is 5.97. The highest BCUT2D eigenvalue weighted by molar-refractivity contribution is 7.99. The van der Waals surface area contributed by atoms with Gasteiger partial charge in [0.05, 0.1) is 5.25 Å². The van der Waals surface area contributed by atoms with Gasteiger partial charge in [-0.1, -0.05) is 11.8 Å². The van der Waals surface area contributed by atoms with Crippen LogP contribution in [0.25, 0.3) is 0 Å². The maximum Gasteiger partial charge on any atom is 0.166 e. The van der Waals surface area contributed by atoms with Crippen molar-refractivity contribution in [1.29, 1.82) is 0 Å². The first-order chi connectivity index (χ1) is 7.66. The Morgan fingerprint density at radius 2 is 2.31 bits per heavy atom. The van der Waals surface area contributed by atoms with Crippen LogP contribution in [0.5, 0.6) is 0 Å². The predicted molar refractivity (Wildman–Crippen MR) is 64.3 cm³/mol. The van der Waals surface area contributed by atoms with Crippen molar-refractivity contribution in [3.63, 3.8) is 0 Å². The number of aryl methyl sites for hydroxylation is 1. The fraction of sp³-hybridized carbons (Fsp3) is 0.364. The largest absolute Gasteiger partial charge is 0.465 e. The third kappa shape index (κ3) is 2.48. The van der Waals surface area contributed by atoms with Crippen LogP contribution >= 0.6 is 11.8 Å². The number of hydrogen-bond donors (Lipinski definition) is 2. The van der Waals surface area contributed by atoms with Gasteiger partial charge in [0.25, 0.3) is 0 Å². The van der Waals surface area contributed by atoms with Gasteiger partial charge in [-0.15, -0.1) is 0 Å². The summed E-state index contributed by atoms with van der Waals surface area (Å²) in [5, 5.41) is 0.941. The average Bonchev–Trinajstić information content (AvgIpc) is 2.84. The van der Waals surface area contributed by atoms with E-state index in [0.717, 1.165) is 16.7 Å². The van der Waals surface area contributed by atoms with Gasteiger partial charge < -0.3 is 15.1 Å². The van der Waals surface area contributed by atoms with Crippen LogP contribution in [0.3, 0.4) is 0 Å². The van der Waals surface area contributed by atoms with Crippen molar-refractivity contribution in [1.82, 2.24) is 9.97 Å². The van der Waals surface area contributed by atoms with Crippen molar-refractivity contribution < 1.29 is 4.42 Å². The number of aromatic nitrogens is 2. The number of hydrogen-bond acceptors (Lipinski definition) is 4. The molecule has 2 unspecified atom stereocenters. The number of nitrogens with two attached hydrogens (primary N) is 1. The lowest BCUT2D eigenvalue weighted by Crippen LogP contribution is -2.22. The normalized spacial score (nSPS) is 14.9. The summed E-state index contributed by atoms with van der Waals surface area (Å²) in [6.45, 7) is 3.90. The number of H-pyrrole nitrogens is 1. The molecule has 0 aliphatic heterocycles. The van der Waals surface area contributed by atoms with Gasteiger partial charge in [0.1, 0.15) is 11.5 Å². The van der Waals surface area contributed by atoms with E-state index in [1.54, 1.807) is 24.2 Å². The Balaban J connectivity index is 2.18. The molecule has 2 heterocycles. The first-order valence-electron chi connectivity index (χ1n) is 5.15. The Labute approximate surface area is 98.6 Å². The first kappa shape index (κ1) is 11.3. The van der Waals surface area contributed by atoms with Crippen LogP contribution in [0.15, 0.2) is 34.1 Å². The van der Waals surface area contributed by atoms with Gasteiger partial charge in [0, 0.05) is 18.4 Å². The SMILES string of the molecule is Cc1ccc(C(Sc2ncc[nH]2)C(C)N)o1. The summed E-state index contributed by atoms with van der Waals surface area (Å²) in [6, 6.07) is 3.92. The van der Waals surface area contributed by atoms with Crippen molar-refractivity contribution in [3.05, 3.63) is 36.0 Å². The molecule has 2 aromatic rings. The second kappa shape index (κ2) is 4.76. The highest BCUT2D eigenvalue weighted by Gasteiger charge is 2.21. The number of rotatable bonds is 4. The van der Waals surface area contributed by atoms with E-state index in [4.69, 9.17) is 10.2 Å². The molecule has 0 aliphatic rings. The number of aromatic amines is 1. The van der Waals surface area contributed by atoms with Gasteiger partial charge in [0.2, 0.25) is 0 Å². The van der Waals surface area contributed by atoms with Crippen LogP contribution in [0.4, 0.5) is 0 Å². The van der Waals surface area contributed by atoms with Crippen LogP contribution in [-0.4, -0.2) is 16.0 Å². The molecule has 0 radical (unpaired) electrons. The fourth-order valence-electron chi connectivity index (χ4n) is 1.47. The van der Waals surface area contributed by atoms with Crippen molar-refractivity contribution in [2.75, 3.05) is 0 Å². The van der Waals surface area contributed by atoms with E-state index in [1.807, 2.05) is 26.0 Å². The fourth-order valence-corrected chi connectivity index (χ4v) is 2.42. The molecule has 2 rings (SSSR count). The lowest BCUT2D eigenvalue weighted by Gasteiger charge is -2.16. The molecule has 0 fully saturated rings. The van der Waals surface area contributed by atoms with Crippen molar-refractivity contribution in [3.8, 4) is 0 Å². The van der Waals surface area contributed by atoms with Crippen LogP contribution in [0.1, 0.15) is 23.7 Å². The van der Waals surface area contributed by atoms with Gasteiger partial charge >= 0.3 is 0 Å². The number of furan rings is 1. The average molecular weight is 237 g/mol. The number of imidazole rings is 1. The molecule has 3 N–H and O–H groups in total. The molecule has 2 atom stereocenters. The van der Waals surface area contributed by atoms with Gasteiger partial charge in [-0.05, 0) is 26.0 Å². The summed E-state index contributed by atoms with van der Waals surface area (Å²) in [5.41, 5.74) is 5.97. The van der Waals surface area contributed by atoms with E-state index in [-0.39, 0.29) is 11.3 Å². The summed E-state index contributed by atoms with van der Waals surface area (Å²) in [7, 11) is 0. The minimum atomic E-state index is 0.000602. The molecule has 0 bridgehead atoms. The summed E-state index contributed by atoms with van der Waals surface area (Å²) >= 11 is 1.58. The standard InChI is InChI=1S/C11H15N3OS/c1-7-3-4-9(15-7)10(8(2)12)16-11-13-5-6-14-11/h3-6,8,10H,12H2,1-2H3,(H,13,14). The van der Waals surface area contributed by atoms with Gasteiger partial charge in [-0.25, -0.2) is 4.98 Å². The smallest absolute Gasteiger partial charge is 0.166 e. The Morgan fingerprint density at radius 3 is 2.81 bits per heavy atom. The van der Waals surface area contributed by atoms with E-state index in [0.29, 0.717) is 0 Å². The zero-order valence-corrected chi connectivity index (χ0v) is 10.1. The quantitative estimate of drug-likeness (QED) is 0.802. The summed E-state index contributed by atoms with van der Waals surface area (Å²) in [4.78, 5) is 7.23. The van der Waals surface area contributed by atoms with E-state index in [9.17, 15) is 0 Å². The molecule has 0 spiro atoms. The monoisotopic (exact) mass is 237 g/mol. The number of thioether (sulfide) groups is 1. The highest BCUT2D eigenvalue weighted by atomic mass is 32.2. The molecule has 16 heavy (non-hydrogen) atoms. The molecule has 0 amide bonds. The van der Waals surface area contributed by atoms with Gasteiger partial charge in [-0.3, -0.25) is 0 Å². The molecular weight excluding hydrogens is 222 g/mol. The molecule has 86 valence electrons. The third-order valence-electron chi connectivity index (χ3n) is 2.23. The van der Waals surface area contributed by atoms with Crippen LogP contribution in [0, 0.1) is 6.92 Å². The second-order valence-electron chi connectivity index (χ2n) is 3.74. The molecule has 4 nitrogen and oxygen atoms in total. The minimum Gasteiger partial charge on any atom is -0.465 e. The van der Waals surface area contributed by atoms with E-state index in [2.05, 4.69) is 9.97 Å². The number of nitrogens with one attached hydrogen (secondary N) is 1. The molecule has 0 saturated carbocycles. The second-order valence-corrected chi connectivity index (χ2v) is 4.87. The summed E-state index contributed by atoms with van der Waals surface area (Å²) < 4.78 is 5.61. The topological polar surface area (TPSA) is 67.8 Å². The zero-order valence-electron chi connectivity index (χ0n) is 9.31. The molecule has 0 aliphatic carbocycles. The van der Waals surface area contributed by atoms with Crippen molar-refractivity contribution in [2.45, 2.75) is 30.3 Å². The Bertz CT molecular complexity index is 436. The lowest BCUT2D eigenvalue weighted by atomic mass is 10.2. The lowest BCUT2D eigenvalue weighted by molar-refractivity contribution is 0.464. The number of nitrogens with zero attached hydrogens (tertiary/aromatic N) is 1. The summed E-state index contributed by atoms with van der Waals surface area (Å²) in [5.74, 6) is 1.80. The van der Waals surface area contributed by atoms with Crippen molar-refractivity contribution >= 4 is 11.8 Å². The summed E-state index contributed by atoms with van der Waals surface area (Å²) in [6.07, 6.45) is 3.53. The molecule has 0 saturated heterocycles. The molecule has 2 aromatic heterocycles. The van der Waals surface area contributed by atoms with Gasteiger partial charge in [0.15, 0.2) is 5.16 Å². The maximum atomic E-state index is 5.97. The Kier molecular flexibility index (Phi) is 3.36. The van der Waals surface area contributed by atoms with Crippen LogP contribution < -0.4 is 5.73 Å². The molecular formula is C11H15N3OS. The molecule has 5 heteroatoms. The van der Waals surface area contributed by atoms with E-state index < -0.39 is 0 Å². The molecule has 0 aromatic carbocycles. The van der Waals surface area contributed by atoms with E-state index in [1.165, 1.54) is 0 Å². The minimum absolute atomic E-state index is 0.000602. The van der Waals surface area contributed by atoms with Crippen molar-refractivity contribution in [2.24, 2.45) is 5.73 Å². The van der Waals surface area contributed by atoms with Gasteiger partial charge in [-0.2, -0.15) is 0 Å². The Hall–Kier alpha value is -1.20. The van der Waals surface area contributed by atoms with E-state index >= 15 is 0 Å². The zero-order chi connectivity index (χ0) is 11.5. The first-order valence-corrected chi connectivity index (χ1v) is 6.02. The third-order valence-corrected chi connectivity index (χ3v) is 3.59. The van der Waals surface area contributed by atoms with Crippen LogP contribution in [0.2, 0.25) is 0 Å². The highest BCUT2D eigenvalue weighted by Crippen LogP contribution is 2.35. The predicted octanol–water partition coefficient (Wildman–Crippen LogP) is 2.49. The van der Waals surface area contributed by atoms with Crippen LogP contribution in [-0.2, 0) is 0 Å². The Morgan fingerprint density at radius 1 is 1.50 bits per heavy atom.